The molecule has 1 saturated heterocycles. The van der Waals surface area contributed by atoms with Gasteiger partial charge in [-0.25, -0.2) is 12.8 Å². The van der Waals surface area contributed by atoms with E-state index < -0.39 is 32.3 Å². The van der Waals surface area contributed by atoms with Gasteiger partial charge >= 0.3 is 0 Å². The number of benzene rings is 2. The van der Waals surface area contributed by atoms with Gasteiger partial charge in [0.05, 0.1) is 16.8 Å². The Kier molecular flexibility index (Phi) is 10.1. The number of Topliss-reactive ketones (excluding diaryl/α,β-unsaturated/α-hetero) is 1. The predicted molar refractivity (Wildman–Crippen MR) is 185 cm³/mol. The van der Waals surface area contributed by atoms with E-state index in [0.717, 1.165) is 55.2 Å². The first-order chi connectivity index (χ1) is 22.1. The standard InChI is InChI=1S/C38H51FN2O5S/c1-25(2)30-12-7-8-13-31(30)32-22-28(36(5,6)35(43)41-47(44,45)26(3)4)16-18-33(32)46-29-17-15-27(21-29)11-9-14-34(42)38(39)23-37(40-24-38)19-10-20-37/h7-9,11-13,16,18,22,25-27,29,40H,10,14-15,17,19-21,23-24H2,1-6H3,(H,41,43)/b11-9+/t27-,29?,38+/m1/s1. The van der Waals surface area contributed by atoms with Crippen molar-refractivity contribution in [2.75, 3.05) is 6.54 Å². The van der Waals surface area contributed by atoms with Gasteiger partial charge in [0.15, 0.2) is 11.5 Å². The second-order valence-corrected chi connectivity index (χ2v) is 17.3. The molecule has 1 heterocycles. The Morgan fingerprint density at radius 2 is 1.81 bits per heavy atom. The third kappa shape index (κ3) is 7.51. The molecule has 5 rings (SSSR count). The van der Waals surface area contributed by atoms with Crippen molar-refractivity contribution in [2.24, 2.45) is 5.92 Å². The molecule has 1 amide bonds. The summed E-state index contributed by atoms with van der Waals surface area (Å²) in [6.07, 6.45) is 9.79. The van der Waals surface area contributed by atoms with E-state index >= 15 is 4.39 Å². The number of ether oxygens (including phenoxy) is 1. The number of allylic oxidation sites excluding steroid dienone is 2. The van der Waals surface area contributed by atoms with Crippen LogP contribution in [0.1, 0.15) is 110 Å². The van der Waals surface area contributed by atoms with E-state index in [1.54, 1.807) is 13.8 Å². The summed E-state index contributed by atoms with van der Waals surface area (Å²) in [5.74, 6) is 0.261. The Bertz CT molecular complexity index is 1630. The molecule has 9 heteroatoms. The molecule has 0 radical (unpaired) electrons. The Hall–Kier alpha value is -3.04. The Morgan fingerprint density at radius 1 is 1.09 bits per heavy atom. The SMILES string of the molecule is CC(C)c1ccccc1-c1cc(C(C)(C)C(=O)NS(=O)(=O)C(C)C)ccc1OC1CC[C@@H](/C=C/CC(=O)[C@@]2(F)CNC3(CCC3)C2)C1. The number of nitrogens with one attached hydrogen (secondary N) is 2. The van der Waals surface area contributed by atoms with Gasteiger partial charge in [-0.1, -0.05) is 56.3 Å². The maximum Gasteiger partial charge on any atom is 0.243 e. The van der Waals surface area contributed by atoms with E-state index in [-0.39, 0.29) is 42.2 Å². The quantitative estimate of drug-likeness (QED) is 0.231. The molecule has 256 valence electrons. The van der Waals surface area contributed by atoms with E-state index in [1.807, 2.05) is 36.4 Å². The van der Waals surface area contributed by atoms with Crippen molar-refractivity contribution >= 4 is 21.7 Å². The second-order valence-electron chi connectivity index (χ2n) is 15.1. The number of halogens is 1. The van der Waals surface area contributed by atoms with Crippen LogP contribution < -0.4 is 14.8 Å². The highest BCUT2D eigenvalue weighted by Gasteiger charge is 2.54. The van der Waals surface area contributed by atoms with E-state index in [2.05, 4.69) is 42.1 Å². The number of alkyl halides is 1. The summed E-state index contributed by atoms with van der Waals surface area (Å²) in [7, 11) is -3.79. The van der Waals surface area contributed by atoms with Gasteiger partial charge < -0.3 is 10.1 Å². The van der Waals surface area contributed by atoms with Gasteiger partial charge in [-0.05, 0) is 107 Å². The molecule has 0 aromatic heterocycles. The maximum atomic E-state index is 15.4. The van der Waals surface area contributed by atoms with Crippen LogP contribution in [0.15, 0.2) is 54.6 Å². The lowest BCUT2D eigenvalue weighted by molar-refractivity contribution is -0.129. The minimum absolute atomic E-state index is 0.0475. The fraction of sp³-hybridized carbons (Fsp3) is 0.579. The zero-order valence-corrected chi connectivity index (χ0v) is 29.5. The van der Waals surface area contributed by atoms with Gasteiger partial charge in [0.25, 0.3) is 0 Å². The second kappa shape index (κ2) is 13.5. The topological polar surface area (TPSA) is 102 Å². The molecule has 1 spiro atoms. The highest BCUT2D eigenvalue weighted by molar-refractivity contribution is 7.90. The molecule has 47 heavy (non-hydrogen) atoms. The van der Waals surface area contributed by atoms with Crippen molar-refractivity contribution in [3.8, 4) is 16.9 Å². The Balaban J connectivity index is 1.32. The van der Waals surface area contributed by atoms with Crippen LogP contribution in [0.2, 0.25) is 0 Å². The number of sulfonamides is 1. The van der Waals surface area contributed by atoms with E-state index in [1.165, 1.54) is 13.8 Å². The molecule has 2 aromatic rings. The molecule has 1 aliphatic heterocycles. The van der Waals surface area contributed by atoms with Crippen molar-refractivity contribution in [1.82, 2.24) is 10.0 Å². The lowest BCUT2D eigenvalue weighted by atomic mass is 9.73. The fourth-order valence-corrected chi connectivity index (χ4v) is 7.86. The van der Waals surface area contributed by atoms with Crippen molar-refractivity contribution in [3.63, 3.8) is 0 Å². The van der Waals surface area contributed by atoms with Crippen molar-refractivity contribution in [2.45, 2.75) is 127 Å². The van der Waals surface area contributed by atoms with Crippen LogP contribution >= 0.6 is 0 Å². The first kappa shape index (κ1) is 35.3. The zero-order chi connectivity index (χ0) is 34.2. The smallest absolute Gasteiger partial charge is 0.243 e. The molecule has 3 fully saturated rings. The van der Waals surface area contributed by atoms with Gasteiger partial charge in [0, 0.05) is 30.5 Å². The minimum Gasteiger partial charge on any atom is -0.490 e. The van der Waals surface area contributed by atoms with Crippen LogP contribution in [-0.2, 0) is 25.0 Å². The summed E-state index contributed by atoms with van der Waals surface area (Å²) >= 11 is 0. The predicted octanol–water partition coefficient (Wildman–Crippen LogP) is 7.30. The van der Waals surface area contributed by atoms with E-state index in [9.17, 15) is 18.0 Å². The van der Waals surface area contributed by atoms with Crippen LogP contribution in [0, 0.1) is 5.92 Å². The highest BCUT2D eigenvalue weighted by atomic mass is 32.2. The van der Waals surface area contributed by atoms with Crippen LogP contribution in [0.5, 0.6) is 5.75 Å². The molecule has 0 bridgehead atoms. The molecule has 7 nitrogen and oxygen atoms in total. The van der Waals surface area contributed by atoms with Gasteiger partial charge in [-0.3, -0.25) is 14.3 Å². The monoisotopic (exact) mass is 666 g/mol. The number of carbonyl (C=O) groups is 2. The fourth-order valence-electron chi connectivity index (χ4n) is 7.11. The number of carbonyl (C=O) groups excluding carboxylic acids is 2. The van der Waals surface area contributed by atoms with Crippen LogP contribution in [0.25, 0.3) is 11.1 Å². The first-order valence-electron chi connectivity index (χ1n) is 17.2. The number of hydrogen-bond donors (Lipinski definition) is 2. The molecule has 2 aromatic carbocycles. The summed E-state index contributed by atoms with van der Waals surface area (Å²) in [6, 6.07) is 13.8. The molecular formula is C38H51FN2O5S. The van der Waals surface area contributed by atoms with Crippen LogP contribution in [-0.4, -0.2) is 49.2 Å². The highest BCUT2D eigenvalue weighted by Crippen LogP contribution is 2.45. The summed E-state index contributed by atoms with van der Waals surface area (Å²) in [5.41, 5.74) is 0.621. The molecule has 1 unspecified atom stereocenters. The molecular weight excluding hydrogens is 615 g/mol. The van der Waals surface area contributed by atoms with Crippen molar-refractivity contribution in [3.05, 3.63) is 65.7 Å². The third-order valence-electron chi connectivity index (χ3n) is 10.6. The molecule has 2 aliphatic carbocycles. The largest absolute Gasteiger partial charge is 0.490 e. The molecule has 3 aliphatic rings. The number of amides is 1. The third-order valence-corrected chi connectivity index (χ3v) is 12.3. The van der Waals surface area contributed by atoms with E-state index in [0.29, 0.717) is 17.7 Å². The van der Waals surface area contributed by atoms with Gasteiger partial charge in [0.2, 0.25) is 15.9 Å². The average Bonchev–Trinajstić information content (AvgIpc) is 3.61. The van der Waals surface area contributed by atoms with Crippen molar-refractivity contribution in [1.29, 1.82) is 0 Å². The summed E-state index contributed by atoms with van der Waals surface area (Å²) in [5, 5.41) is 2.54. The van der Waals surface area contributed by atoms with Gasteiger partial charge in [-0.15, -0.1) is 0 Å². The normalized spacial score (nSPS) is 24.3. The Morgan fingerprint density at radius 3 is 2.45 bits per heavy atom. The number of ketones is 1. The first-order valence-corrected chi connectivity index (χ1v) is 18.7. The number of hydrogen-bond acceptors (Lipinski definition) is 6. The molecule has 3 atom stereocenters. The van der Waals surface area contributed by atoms with Crippen molar-refractivity contribution < 1.29 is 27.1 Å². The minimum atomic E-state index is -3.79. The summed E-state index contributed by atoms with van der Waals surface area (Å²) in [6.45, 7) is 10.9. The summed E-state index contributed by atoms with van der Waals surface area (Å²) < 4.78 is 49.4. The van der Waals surface area contributed by atoms with Crippen LogP contribution in [0.3, 0.4) is 0 Å². The van der Waals surface area contributed by atoms with Gasteiger partial charge in [-0.2, -0.15) is 0 Å². The molecule has 2 saturated carbocycles. The Labute approximate surface area is 280 Å². The summed E-state index contributed by atoms with van der Waals surface area (Å²) in [4.78, 5) is 26.1. The lowest BCUT2D eigenvalue weighted by Crippen LogP contribution is -2.46. The number of rotatable bonds is 12. The zero-order valence-electron chi connectivity index (χ0n) is 28.7. The molecule has 2 N–H and O–H groups in total. The van der Waals surface area contributed by atoms with Gasteiger partial charge in [0.1, 0.15) is 5.75 Å². The average molecular weight is 667 g/mol. The maximum absolute atomic E-state index is 15.4. The van der Waals surface area contributed by atoms with E-state index in [4.69, 9.17) is 4.74 Å². The van der Waals surface area contributed by atoms with Crippen LogP contribution in [0.4, 0.5) is 4.39 Å². The lowest BCUT2D eigenvalue weighted by Gasteiger charge is -2.38.